The van der Waals surface area contributed by atoms with Gasteiger partial charge >= 0.3 is 0 Å². The van der Waals surface area contributed by atoms with Crippen LogP contribution in [0.1, 0.15) is 12.5 Å². The van der Waals surface area contributed by atoms with Crippen molar-refractivity contribution >= 4 is 19.9 Å². The van der Waals surface area contributed by atoms with Gasteiger partial charge in [0.15, 0.2) is 9.84 Å². The minimum Gasteiger partial charge on any atom is -0.229 e. The molecule has 0 amide bonds. The van der Waals surface area contributed by atoms with E-state index in [0.717, 1.165) is 5.56 Å². The van der Waals surface area contributed by atoms with Crippen molar-refractivity contribution in [3.05, 3.63) is 29.8 Å². The first-order valence-electron chi connectivity index (χ1n) is 5.97. The van der Waals surface area contributed by atoms with Gasteiger partial charge in [0.2, 0.25) is 10.0 Å². The molecule has 0 aliphatic carbocycles. The predicted molar refractivity (Wildman–Crippen MR) is 75.3 cm³/mol. The van der Waals surface area contributed by atoms with Crippen molar-refractivity contribution in [2.45, 2.75) is 18.2 Å². The zero-order chi connectivity index (χ0) is 15.2. The molecule has 0 unspecified atom stereocenters. The second-order valence-corrected chi connectivity index (χ2v) is 8.35. The van der Waals surface area contributed by atoms with E-state index < -0.39 is 19.9 Å². The lowest BCUT2D eigenvalue weighted by Gasteiger charge is -2.07. The predicted octanol–water partition coefficient (Wildman–Crippen LogP) is 0.466. The topological polar surface area (TPSA) is 104 Å². The van der Waals surface area contributed by atoms with Crippen LogP contribution >= 0.6 is 0 Å². The van der Waals surface area contributed by atoms with E-state index in [9.17, 15) is 16.8 Å². The fraction of sp³-hybridized carbons (Fsp3) is 0.417. The maximum Gasteiger partial charge on any atom is 0.240 e. The zero-order valence-corrected chi connectivity index (χ0v) is 12.7. The fourth-order valence-corrected chi connectivity index (χ4v) is 3.30. The minimum absolute atomic E-state index is 0.0163. The maximum atomic E-state index is 11.9. The summed E-state index contributed by atoms with van der Waals surface area (Å²) in [6.45, 7) is 1.36. The molecule has 0 atom stereocenters. The van der Waals surface area contributed by atoms with E-state index in [4.69, 9.17) is 5.26 Å². The van der Waals surface area contributed by atoms with Crippen molar-refractivity contribution in [2.75, 3.05) is 18.1 Å². The molecule has 1 N–H and O–H groups in total. The van der Waals surface area contributed by atoms with E-state index >= 15 is 0 Å². The van der Waals surface area contributed by atoms with Gasteiger partial charge in [-0.25, -0.2) is 21.6 Å². The highest BCUT2D eigenvalue weighted by Crippen LogP contribution is 2.10. The average Bonchev–Trinajstić information content (AvgIpc) is 2.39. The summed E-state index contributed by atoms with van der Waals surface area (Å²) >= 11 is 0. The van der Waals surface area contributed by atoms with Crippen molar-refractivity contribution in [1.29, 1.82) is 5.26 Å². The van der Waals surface area contributed by atoms with Crippen LogP contribution in [0.3, 0.4) is 0 Å². The Labute approximate surface area is 119 Å². The standard InChI is InChI=1S/C12H16N2O4S2/c1-2-19(15,16)10-9-14-20(17,18)12-5-3-11(4-6-12)7-8-13/h3-6,14H,2,7,9-10H2,1H3. The largest absolute Gasteiger partial charge is 0.240 e. The number of hydrogen-bond donors (Lipinski definition) is 1. The van der Waals surface area contributed by atoms with Crippen LogP contribution in [0.5, 0.6) is 0 Å². The average molecular weight is 316 g/mol. The van der Waals surface area contributed by atoms with Crippen LogP contribution in [0, 0.1) is 11.3 Å². The molecule has 0 aliphatic heterocycles. The third-order valence-corrected chi connectivity index (χ3v) is 5.84. The molecule has 0 bridgehead atoms. The van der Waals surface area contributed by atoms with Crippen LogP contribution in [0.4, 0.5) is 0 Å². The van der Waals surface area contributed by atoms with Gasteiger partial charge in [-0.15, -0.1) is 0 Å². The van der Waals surface area contributed by atoms with Gasteiger partial charge in [-0.05, 0) is 17.7 Å². The molecule has 1 rings (SSSR count). The Bertz CT molecular complexity index is 686. The van der Waals surface area contributed by atoms with Crippen LogP contribution in [0.15, 0.2) is 29.2 Å². The van der Waals surface area contributed by atoms with Gasteiger partial charge in [0, 0.05) is 12.3 Å². The lowest BCUT2D eigenvalue weighted by Crippen LogP contribution is -2.29. The molecule has 0 fully saturated rings. The first kappa shape index (κ1) is 16.6. The van der Waals surface area contributed by atoms with Crippen molar-refractivity contribution in [3.8, 4) is 6.07 Å². The Morgan fingerprint density at radius 1 is 1.15 bits per heavy atom. The summed E-state index contributed by atoms with van der Waals surface area (Å²) in [5.41, 5.74) is 0.722. The summed E-state index contributed by atoms with van der Waals surface area (Å²) in [4.78, 5) is 0.0492. The second-order valence-electron chi connectivity index (χ2n) is 4.11. The molecule has 0 saturated heterocycles. The van der Waals surface area contributed by atoms with Gasteiger partial charge in [0.25, 0.3) is 0 Å². The molecule has 1 aromatic rings. The van der Waals surface area contributed by atoms with E-state index in [1.807, 2.05) is 6.07 Å². The molecule has 110 valence electrons. The lowest BCUT2D eigenvalue weighted by molar-refractivity contribution is 0.581. The highest BCUT2D eigenvalue weighted by Gasteiger charge is 2.15. The lowest BCUT2D eigenvalue weighted by atomic mass is 10.2. The fourth-order valence-electron chi connectivity index (χ4n) is 1.44. The first-order valence-corrected chi connectivity index (χ1v) is 9.27. The van der Waals surface area contributed by atoms with Crippen molar-refractivity contribution in [2.24, 2.45) is 0 Å². The first-order chi connectivity index (χ1) is 9.30. The third kappa shape index (κ3) is 4.92. The normalized spacial score (nSPS) is 12.0. The Morgan fingerprint density at radius 2 is 1.75 bits per heavy atom. The Hall–Kier alpha value is -1.43. The third-order valence-electron chi connectivity index (χ3n) is 2.66. The van der Waals surface area contributed by atoms with Crippen LogP contribution in [-0.4, -0.2) is 34.9 Å². The van der Waals surface area contributed by atoms with Gasteiger partial charge in [0.1, 0.15) is 0 Å². The molecule has 0 aliphatic rings. The summed E-state index contributed by atoms with van der Waals surface area (Å²) in [7, 11) is -6.92. The molecule has 1 aromatic carbocycles. The highest BCUT2D eigenvalue weighted by molar-refractivity contribution is 7.91. The number of nitrogens with one attached hydrogen (secondary N) is 1. The monoisotopic (exact) mass is 316 g/mol. The molecule has 6 nitrogen and oxygen atoms in total. The van der Waals surface area contributed by atoms with Crippen molar-refractivity contribution < 1.29 is 16.8 Å². The molecular weight excluding hydrogens is 300 g/mol. The number of nitriles is 1. The number of rotatable bonds is 7. The van der Waals surface area contributed by atoms with E-state index in [0.29, 0.717) is 0 Å². The quantitative estimate of drug-likeness (QED) is 0.787. The van der Waals surface area contributed by atoms with Gasteiger partial charge < -0.3 is 0 Å². The summed E-state index contributed by atoms with van der Waals surface area (Å²) < 4.78 is 48.6. The molecule has 0 radical (unpaired) electrons. The SMILES string of the molecule is CCS(=O)(=O)CCNS(=O)(=O)c1ccc(CC#N)cc1. The van der Waals surface area contributed by atoms with Crippen LogP contribution in [0.2, 0.25) is 0 Å². The van der Waals surface area contributed by atoms with Crippen molar-refractivity contribution in [1.82, 2.24) is 4.72 Å². The molecule has 0 heterocycles. The van der Waals surface area contributed by atoms with Gasteiger partial charge in [0.05, 0.1) is 23.1 Å². The molecule has 0 spiro atoms. The summed E-state index contributed by atoms with van der Waals surface area (Å²) in [5, 5.41) is 8.53. The molecular formula is C12H16N2O4S2. The van der Waals surface area contributed by atoms with Gasteiger partial charge in [-0.3, -0.25) is 0 Å². The smallest absolute Gasteiger partial charge is 0.229 e. The highest BCUT2D eigenvalue weighted by atomic mass is 32.2. The Morgan fingerprint density at radius 3 is 2.25 bits per heavy atom. The van der Waals surface area contributed by atoms with E-state index in [-0.39, 0.29) is 29.4 Å². The zero-order valence-electron chi connectivity index (χ0n) is 11.0. The Balaban J connectivity index is 2.72. The van der Waals surface area contributed by atoms with Gasteiger partial charge in [-0.1, -0.05) is 19.1 Å². The van der Waals surface area contributed by atoms with Crippen LogP contribution in [0.25, 0.3) is 0 Å². The number of benzene rings is 1. The molecule has 0 saturated carbocycles. The molecule has 20 heavy (non-hydrogen) atoms. The van der Waals surface area contributed by atoms with Crippen LogP contribution < -0.4 is 4.72 Å². The van der Waals surface area contributed by atoms with E-state index in [2.05, 4.69) is 4.72 Å². The van der Waals surface area contributed by atoms with Gasteiger partial charge in [-0.2, -0.15) is 5.26 Å². The number of nitrogens with zero attached hydrogens (tertiary/aromatic N) is 1. The summed E-state index contributed by atoms with van der Waals surface area (Å²) in [6.07, 6.45) is 0.211. The van der Waals surface area contributed by atoms with E-state index in [1.54, 1.807) is 12.1 Å². The second kappa shape index (κ2) is 6.83. The summed E-state index contributed by atoms with van der Waals surface area (Å²) in [6, 6.07) is 7.86. The number of sulfonamides is 1. The number of sulfone groups is 1. The van der Waals surface area contributed by atoms with E-state index in [1.165, 1.54) is 19.1 Å². The van der Waals surface area contributed by atoms with Crippen molar-refractivity contribution in [3.63, 3.8) is 0 Å². The Kier molecular flexibility index (Phi) is 5.68. The summed E-state index contributed by atoms with van der Waals surface area (Å²) in [5.74, 6) is -0.243. The maximum absolute atomic E-state index is 11.9. The number of hydrogen-bond acceptors (Lipinski definition) is 5. The molecule has 8 heteroatoms. The van der Waals surface area contributed by atoms with Crippen LogP contribution in [-0.2, 0) is 26.3 Å². The molecule has 0 aromatic heterocycles. The minimum atomic E-state index is -3.72.